The first kappa shape index (κ1) is 11.7. The second-order valence-electron chi connectivity index (χ2n) is 3.44. The quantitative estimate of drug-likeness (QED) is 0.887. The summed E-state index contributed by atoms with van der Waals surface area (Å²) in [7, 11) is 0. The number of nitrogens with one attached hydrogen (secondary N) is 1. The summed E-state index contributed by atoms with van der Waals surface area (Å²) in [6, 6.07) is 3.08. The van der Waals surface area contributed by atoms with Crippen molar-refractivity contribution in [1.82, 2.24) is 15.5 Å². The van der Waals surface area contributed by atoms with Crippen LogP contribution in [0.2, 0.25) is 0 Å². The zero-order chi connectivity index (χ0) is 12.3. The van der Waals surface area contributed by atoms with Crippen molar-refractivity contribution >= 4 is 0 Å². The van der Waals surface area contributed by atoms with E-state index in [-0.39, 0.29) is 11.5 Å². The highest BCUT2D eigenvalue weighted by atomic mass is 19.1. The van der Waals surface area contributed by atoms with Crippen LogP contribution in [0.25, 0.3) is 11.5 Å². The van der Waals surface area contributed by atoms with Crippen LogP contribution in [0.4, 0.5) is 8.78 Å². The SMILES string of the molecule is CCNCc1nnc(-c2cc(F)cc(F)c2)o1. The largest absolute Gasteiger partial charge is 0.419 e. The Balaban J connectivity index is 2.24. The van der Waals surface area contributed by atoms with Crippen molar-refractivity contribution in [3.05, 3.63) is 35.7 Å². The first-order valence-electron chi connectivity index (χ1n) is 5.18. The number of nitrogens with zero attached hydrogens (tertiary/aromatic N) is 2. The van der Waals surface area contributed by atoms with E-state index in [4.69, 9.17) is 4.42 Å². The molecule has 0 bridgehead atoms. The third-order valence-corrected chi connectivity index (χ3v) is 2.10. The molecule has 0 amide bonds. The molecule has 90 valence electrons. The van der Waals surface area contributed by atoms with Crippen molar-refractivity contribution in [2.75, 3.05) is 6.54 Å². The lowest BCUT2D eigenvalue weighted by molar-refractivity contribution is 0.481. The maximum absolute atomic E-state index is 13.0. The van der Waals surface area contributed by atoms with Crippen LogP contribution in [0.5, 0.6) is 0 Å². The monoisotopic (exact) mass is 239 g/mol. The lowest BCUT2D eigenvalue weighted by Gasteiger charge is -1.96. The Kier molecular flexibility index (Phi) is 3.43. The van der Waals surface area contributed by atoms with E-state index in [0.29, 0.717) is 12.4 Å². The van der Waals surface area contributed by atoms with Crippen LogP contribution < -0.4 is 5.32 Å². The summed E-state index contributed by atoms with van der Waals surface area (Å²) in [5.74, 6) is -0.860. The highest BCUT2D eigenvalue weighted by Crippen LogP contribution is 2.20. The summed E-state index contributed by atoms with van der Waals surface area (Å²) in [4.78, 5) is 0. The highest BCUT2D eigenvalue weighted by Gasteiger charge is 2.10. The maximum atomic E-state index is 13.0. The lowest BCUT2D eigenvalue weighted by atomic mass is 10.2. The minimum atomic E-state index is -0.675. The first-order chi connectivity index (χ1) is 8.19. The average Bonchev–Trinajstić information content (AvgIpc) is 2.73. The van der Waals surface area contributed by atoms with Gasteiger partial charge >= 0.3 is 0 Å². The molecule has 1 aromatic heterocycles. The Bertz CT molecular complexity index is 493. The lowest BCUT2D eigenvalue weighted by Crippen LogP contribution is -2.11. The predicted octanol–water partition coefficient (Wildman–Crippen LogP) is 2.12. The molecular formula is C11H11F2N3O. The van der Waals surface area contributed by atoms with Crippen molar-refractivity contribution < 1.29 is 13.2 Å². The van der Waals surface area contributed by atoms with Gasteiger partial charge in [-0.1, -0.05) is 6.92 Å². The normalized spacial score (nSPS) is 10.8. The van der Waals surface area contributed by atoms with Gasteiger partial charge in [-0.15, -0.1) is 10.2 Å². The van der Waals surface area contributed by atoms with Gasteiger partial charge in [0.15, 0.2) is 0 Å². The molecule has 1 aromatic carbocycles. The van der Waals surface area contributed by atoms with Gasteiger partial charge in [0, 0.05) is 11.6 Å². The smallest absolute Gasteiger partial charge is 0.248 e. The number of hydrogen-bond acceptors (Lipinski definition) is 4. The molecule has 4 nitrogen and oxygen atoms in total. The number of benzene rings is 1. The molecule has 0 fully saturated rings. The Hall–Kier alpha value is -1.82. The summed E-state index contributed by atoms with van der Waals surface area (Å²) >= 11 is 0. The van der Waals surface area contributed by atoms with Gasteiger partial charge in [-0.2, -0.15) is 0 Å². The molecule has 0 saturated heterocycles. The maximum Gasteiger partial charge on any atom is 0.248 e. The van der Waals surface area contributed by atoms with Crippen molar-refractivity contribution in [2.45, 2.75) is 13.5 Å². The van der Waals surface area contributed by atoms with E-state index in [1.54, 1.807) is 0 Å². The molecule has 17 heavy (non-hydrogen) atoms. The fourth-order valence-corrected chi connectivity index (χ4v) is 1.35. The molecule has 2 aromatic rings. The van der Waals surface area contributed by atoms with Crippen LogP contribution in [-0.4, -0.2) is 16.7 Å². The Labute approximate surface area is 96.7 Å². The van der Waals surface area contributed by atoms with Crippen LogP contribution in [0.3, 0.4) is 0 Å². The van der Waals surface area contributed by atoms with Crippen LogP contribution in [-0.2, 0) is 6.54 Å². The minimum Gasteiger partial charge on any atom is -0.419 e. The van der Waals surface area contributed by atoms with Gasteiger partial charge in [0.05, 0.1) is 6.54 Å². The molecule has 0 saturated carbocycles. The Morgan fingerprint density at radius 2 is 1.88 bits per heavy atom. The number of rotatable bonds is 4. The summed E-state index contributed by atoms with van der Waals surface area (Å²) in [5, 5.41) is 10.5. The van der Waals surface area contributed by atoms with E-state index in [9.17, 15) is 8.78 Å². The van der Waals surface area contributed by atoms with Gasteiger partial charge in [-0.05, 0) is 18.7 Å². The second kappa shape index (κ2) is 5.01. The van der Waals surface area contributed by atoms with E-state index in [0.717, 1.165) is 24.7 Å². The zero-order valence-corrected chi connectivity index (χ0v) is 9.20. The van der Waals surface area contributed by atoms with E-state index in [1.165, 1.54) is 0 Å². The summed E-state index contributed by atoms with van der Waals surface area (Å²) in [6.45, 7) is 3.15. The molecule has 1 N–H and O–H groups in total. The van der Waals surface area contributed by atoms with Crippen molar-refractivity contribution in [1.29, 1.82) is 0 Å². The fourth-order valence-electron chi connectivity index (χ4n) is 1.35. The summed E-state index contributed by atoms with van der Waals surface area (Å²) < 4.78 is 31.2. The standard InChI is InChI=1S/C11H11F2N3O/c1-2-14-6-10-15-16-11(17-10)7-3-8(12)5-9(13)4-7/h3-5,14H,2,6H2,1H3. The molecule has 1 heterocycles. The molecule has 0 spiro atoms. The number of halogens is 2. The van der Waals surface area contributed by atoms with Gasteiger partial charge in [-0.25, -0.2) is 8.78 Å². The predicted molar refractivity (Wildman–Crippen MR) is 57.0 cm³/mol. The molecular weight excluding hydrogens is 228 g/mol. The fraction of sp³-hybridized carbons (Fsp3) is 0.273. The molecule has 0 aliphatic carbocycles. The van der Waals surface area contributed by atoms with Crippen LogP contribution in [0.1, 0.15) is 12.8 Å². The van der Waals surface area contributed by atoms with E-state index >= 15 is 0 Å². The second-order valence-corrected chi connectivity index (χ2v) is 3.44. The van der Waals surface area contributed by atoms with Crippen LogP contribution >= 0.6 is 0 Å². The number of aromatic nitrogens is 2. The molecule has 2 rings (SSSR count). The molecule has 0 atom stereocenters. The topological polar surface area (TPSA) is 51.0 Å². The van der Waals surface area contributed by atoms with E-state index < -0.39 is 11.6 Å². The van der Waals surface area contributed by atoms with Crippen LogP contribution in [0.15, 0.2) is 22.6 Å². The molecule has 0 unspecified atom stereocenters. The highest BCUT2D eigenvalue weighted by molar-refractivity contribution is 5.52. The molecule has 0 aliphatic heterocycles. The molecule has 0 aliphatic rings. The van der Waals surface area contributed by atoms with E-state index in [1.807, 2.05) is 6.92 Å². The summed E-state index contributed by atoms with van der Waals surface area (Å²) in [6.07, 6.45) is 0. The van der Waals surface area contributed by atoms with Gasteiger partial charge in [-0.3, -0.25) is 0 Å². The Morgan fingerprint density at radius 3 is 2.53 bits per heavy atom. The van der Waals surface area contributed by atoms with Gasteiger partial charge in [0.1, 0.15) is 11.6 Å². The van der Waals surface area contributed by atoms with Crippen molar-refractivity contribution in [3.8, 4) is 11.5 Å². The van der Waals surface area contributed by atoms with Crippen molar-refractivity contribution in [3.63, 3.8) is 0 Å². The van der Waals surface area contributed by atoms with E-state index in [2.05, 4.69) is 15.5 Å². The minimum absolute atomic E-state index is 0.108. The van der Waals surface area contributed by atoms with Gasteiger partial charge in [0.2, 0.25) is 11.8 Å². The zero-order valence-electron chi connectivity index (χ0n) is 9.20. The number of hydrogen-bond donors (Lipinski definition) is 1. The Morgan fingerprint density at radius 1 is 1.18 bits per heavy atom. The average molecular weight is 239 g/mol. The first-order valence-corrected chi connectivity index (χ1v) is 5.18. The third-order valence-electron chi connectivity index (χ3n) is 2.10. The summed E-state index contributed by atoms with van der Waals surface area (Å²) in [5.41, 5.74) is 0.234. The molecule has 0 radical (unpaired) electrons. The van der Waals surface area contributed by atoms with Crippen LogP contribution in [0, 0.1) is 11.6 Å². The van der Waals surface area contributed by atoms with Gasteiger partial charge < -0.3 is 9.73 Å². The van der Waals surface area contributed by atoms with Gasteiger partial charge in [0.25, 0.3) is 0 Å². The van der Waals surface area contributed by atoms with Crippen molar-refractivity contribution in [2.24, 2.45) is 0 Å². The third kappa shape index (κ3) is 2.85. The molecule has 6 heteroatoms.